The molecule has 0 saturated carbocycles. The van der Waals surface area contributed by atoms with E-state index in [1.807, 2.05) is 224 Å². The zero-order valence-electron chi connectivity index (χ0n) is 80.9. The summed E-state index contributed by atoms with van der Waals surface area (Å²) >= 11 is 0. The molecule has 123 heavy (non-hydrogen) atoms. The topological polar surface area (TPSA) is 39.4 Å². The van der Waals surface area contributed by atoms with Crippen LogP contribution < -0.4 is 0 Å². The second-order valence-corrected chi connectivity index (χ2v) is 30.7. The molecule has 0 saturated heterocycles. The first-order valence-electron chi connectivity index (χ1n) is 48.4. The van der Waals surface area contributed by atoms with Crippen LogP contribution >= 0.6 is 0 Å². The minimum atomic E-state index is -0.401. The Balaban J connectivity index is 0.000000116. The van der Waals surface area contributed by atoms with E-state index < -0.39 is 18.1 Å². The molecule has 0 aliphatic carbocycles. The monoisotopic (exact) mass is 1580 g/mol. The van der Waals surface area contributed by atoms with E-state index in [1.165, 1.54) is 11.1 Å². The fraction of sp³-hybridized carbons (Fsp3) is 0. The lowest BCUT2D eigenvalue weighted by Gasteiger charge is -2.18. The van der Waals surface area contributed by atoms with Crippen molar-refractivity contribution in [3.8, 4) is 111 Å². The van der Waals surface area contributed by atoms with Gasteiger partial charge in [0.15, 0.2) is 0 Å². The van der Waals surface area contributed by atoms with Crippen LogP contribution in [0.4, 0.5) is 0 Å². The molecule has 0 atom stereocenters. The summed E-state index contributed by atoms with van der Waals surface area (Å²) in [5.74, 6) is 0. The van der Waals surface area contributed by atoms with Crippen LogP contribution in [0.3, 0.4) is 0 Å². The third kappa shape index (κ3) is 12.7. The smallest absolute Gasteiger partial charge is 0.136 e. The molecule has 3 heterocycles. The van der Waals surface area contributed by atoms with Gasteiger partial charge in [0.25, 0.3) is 0 Å². The molecule has 0 aliphatic rings. The molecule has 3 nitrogen and oxygen atoms in total. The highest BCUT2D eigenvalue weighted by Gasteiger charge is 2.25. The van der Waals surface area contributed by atoms with E-state index in [-0.39, 0.29) is 89.2 Å². The molecule has 0 radical (unpaired) electrons. The first kappa shape index (κ1) is 57.8. The van der Waals surface area contributed by atoms with Crippen molar-refractivity contribution in [2.75, 3.05) is 0 Å². The summed E-state index contributed by atoms with van der Waals surface area (Å²) in [5, 5.41) is 16.5. The number of furan rings is 3. The molecule has 25 aromatic rings. The van der Waals surface area contributed by atoms with Crippen LogP contribution in [0.1, 0.15) is 20.6 Å². The number of fused-ring (bicyclic) bond motifs is 15. The molecule has 3 aromatic heterocycles. The maximum atomic E-state index is 8.82. The van der Waals surface area contributed by atoms with E-state index in [0.717, 1.165) is 197 Å². The molecular weight excluding hydrogens is 1490 g/mol. The summed E-state index contributed by atoms with van der Waals surface area (Å²) in [5.41, 5.74) is 22.3. The Morgan fingerprint density at radius 3 is 0.797 bits per heavy atom. The van der Waals surface area contributed by atoms with Crippen LogP contribution in [-0.2, 0) is 0 Å². The van der Waals surface area contributed by atoms with Gasteiger partial charge in [-0.25, -0.2) is 0 Å². The van der Waals surface area contributed by atoms with Crippen molar-refractivity contribution in [3.05, 3.63) is 461 Å². The van der Waals surface area contributed by atoms with Gasteiger partial charge in [0.05, 0.1) is 20.6 Å². The number of hydrogen-bond acceptors (Lipinski definition) is 3. The van der Waals surface area contributed by atoms with Crippen LogP contribution in [0.15, 0.2) is 474 Å². The Morgan fingerprint density at radius 2 is 0.398 bits per heavy atom. The Bertz CT molecular complexity index is 9130. The molecule has 0 unspecified atom stereocenters. The van der Waals surface area contributed by atoms with Crippen LogP contribution in [0.5, 0.6) is 0 Å². The normalized spacial score (nSPS) is 13.3. The molecule has 0 bridgehead atoms. The fourth-order valence-electron chi connectivity index (χ4n) is 18.5. The molecule has 574 valence electrons. The molecular formula is C120H76O3. The number of rotatable bonds is 10. The van der Waals surface area contributed by atoms with Crippen molar-refractivity contribution < 1.29 is 33.8 Å². The maximum Gasteiger partial charge on any atom is 0.136 e. The highest BCUT2D eigenvalue weighted by molar-refractivity contribution is 6.29. The molecule has 25 rings (SSSR count). The van der Waals surface area contributed by atoms with Gasteiger partial charge < -0.3 is 13.3 Å². The van der Waals surface area contributed by atoms with Crippen molar-refractivity contribution in [3.63, 3.8) is 0 Å². The maximum absolute atomic E-state index is 8.82. The second-order valence-electron chi connectivity index (χ2n) is 30.7. The van der Waals surface area contributed by atoms with Crippen molar-refractivity contribution >= 4 is 130 Å². The highest BCUT2D eigenvalue weighted by atomic mass is 16.3. The third-order valence-corrected chi connectivity index (χ3v) is 23.9. The second kappa shape index (κ2) is 30.6. The Morgan fingerprint density at radius 1 is 0.138 bits per heavy atom. The Hall–Kier alpha value is -16.2. The lowest BCUT2D eigenvalue weighted by molar-refractivity contribution is 0.668. The van der Waals surface area contributed by atoms with Gasteiger partial charge >= 0.3 is 0 Å². The zero-order chi connectivity index (χ0) is 94.3. The van der Waals surface area contributed by atoms with E-state index in [4.69, 9.17) is 33.8 Å². The highest BCUT2D eigenvalue weighted by Crippen LogP contribution is 2.52. The standard InChI is InChI=1S/C44H28O.2C38H24O/c1-3-11-29(12-4-1)30-19-21-31(22-20-30)33-23-25-35-40-27-34(24-26-41(40)45-42(35)28-33)44-38-17-9-7-15-36(38)43(32-13-5-2-6-14-32)37-16-8-10-18-39(37)44;1-3-12-25(13-4-1)27-22-23-32-35(24-27)39-34-21-11-20-33(38(32)34)37-30-18-9-7-16-28(30)36(26-14-5-2-6-15-26)29-17-8-10-19-31(29)37;1-3-12-25(13-4-1)27-22-23-34-33(24-27)38-32(20-11-21-35(38)39-34)37-30-18-9-7-16-28(30)36(26-14-5-2-6-15-26)29-17-8-10-19-31(29)37/h1-28H;2*1-24H/i2D,5D,6D,13D,14D;2*2D,5D,6D,14D,15D. The van der Waals surface area contributed by atoms with Gasteiger partial charge in [0.1, 0.15) is 33.5 Å². The van der Waals surface area contributed by atoms with Crippen LogP contribution in [0, 0.1) is 0 Å². The molecule has 0 N–H and O–H groups in total. The van der Waals surface area contributed by atoms with Crippen molar-refractivity contribution in [1.82, 2.24) is 0 Å². The van der Waals surface area contributed by atoms with Gasteiger partial charge in [-0.05, 0) is 237 Å². The van der Waals surface area contributed by atoms with Crippen molar-refractivity contribution in [1.29, 1.82) is 0 Å². The van der Waals surface area contributed by atoms with E-state index in [2.05, 4.69) is 146 Å². The van der Waals surface area contributed by atoms with Crippen molar-refractivity contribution in [2.24, 2.45) is 0 Å². The van der Waals surface area contributed by atoms with Gasteiger partial charge in [-0.1, -0.05) is 400 Å². The van der Waals surface area contributed by atoms with E-state index in [9.17, 15) is 0 Å². The third-order valence-electron chi connectivity index (χ3n) is 23.9. The average molecular weight is 1580 g/mol. The first-order chi connectivity index (χ1) is 67.3. The molecule has 3 heteroatoms. The van der Waals surface area contributed by atoms with E-state index in [0.29, 0.717) is 16.7 Å². The van der Waals surface area contributed by atoms with Gasteiger partial charge in [-0.2, -0.15) is 0 Å². The van der Waals surface area contributed by atoms with Crippen LogP contribution in [-0.4, -0.2) is 0 Å². The van der Waals surface area contributed by atoms with Crippen LogP contribution in [0.25, 0.3) is 242 Å². The largest absolute Gasteiger partial charge is 0.456 e. The molecule has 0 fully saturated rings. The van der Waals surface area contributed by atoms with E-state index >= 15 is 0 Å². The first-order valence-corrected chi connectivity index (χ1v) is 40.9. The lowest BCUT2D eigenvalue weighted by Crippen LogP contribution is -1.91. The quantitative estimate of drug-likeness (QED) is 0.128. The predicted octanol–water partition coefficient (Wildman–Crippen LogP) is 34.3. The Labute approximate surface area is 732 Å². The SMILES string of the molecule is [2H]c1c([2H])c([2H])c(-c2c3ccccc3c(-c3ccc4oc5cc(-c6ccc(-c7ccccc7)cc6)ccc5c4c3)c3ccccc23)c([2H])c1[2H].[2H]c1c([2H])c([2H])c(-c2c3ccccc3c(-c3cccc4oc5cc(-c6ccccc6)ccc5c34)c3ccccc23)c([2H])c1[2H].[2H]c1c([2H])c([2H])c(-c2c3ccccc3c(-c3cccc4oc5ccc(-c6ccccc6)cc5c34)c3ccccc23)c([2H])c1[2H]. The summed E-state index contributed by atoms with van der Waals surface area (Å²) in [6.45, 7) is 0. The van der Waals surface area contributed by atoms with Gasteiger partial charge in [-0.3, -0.25) is 0 Å². The Kier molecular flexibility index (Phi) is 14.4. The van der Waals surface area contributed by atoms with Crippen LogP contribution in [0.2, 0.25) is 0 Å². The molecule has 0 spiro atoms. The minimum Gasteiger partial charge on any atom is -0.456 e. The lowest BCUT2D eigenvalue weighted by atomic mass is 9.85. The molecule has 0 amide bonds. The van der Waals surface area contributed by atoms with Gasteiger partial charge in [0, 0.05) is 32.3 Å². The number of hydrogen-bond donors (Lipinski definition) is 0. The fourth-order valence-corrected chi connectivity index (χ4v) is 18.5. The minimum absolute atomic E-state index is 0.203. The average Bonchev–Trinajstić information content (AvgIpc) is 1.26. The van der Waals surface area contributed by atoms with E-state index in [1.54, 1.807) is 0 Å². The summed E-state index contributed by atoms with van der Waals surface area (Å²) < 4.78 is 147. The summed E-state index contributed by atoms with van der Waals surface area (Å²) in [6.07, 6.45) is 0. The summed E-state index contributed by atoms with van der Waals surface area (Å²) in [4.78, 5) is 0. The zero-order valence-corrected chi connectivity index (χ0v) is 65.9. The van der Waals surface area contributed by atoms with Gasteiger partial charge in [-0.15, -0.1) is 0 Å². The van der Waals surface area contributed by atoms with Gasteiger partial charge in [0.2, 0.25) is 0 Å². The number of benzene rings is 22. The molecule has 0 aliphatic heterocycles. The van der Waals surface area contributed by atoms with Crippen molar-refractivity contribution in [2.45, 2.75) is 0 Å². The molecule has 22 aromatic carbocycles. The predicted molar refractivity (Wildman–Crippen MR) is 521 cm³/mol. The summed E-state index contributed by atoms with van der Waals surface area (Å²) in [7, 11) is 0. The summed E-state index contributed by atoms with van der Waals surface area (Å²) in [6, 6.07) is 120.